The van der Waals surface area contributed by atoms with Gasteiger partial charge in [-0.3, -0.25) is 9.59 Å². The molecule has 2 aromatic heterocycles. The quantitative estimate of drug-likeness (QED) is 0.932. The van der Waals surface area contributed by atoms with Crippen LogP contribution in [0.15, 0.2) is 29.8 Å². The van der Waals surface area contributed by atoms with Crippen LogP contribution in [0.2, 0.25) is 0 Å². The fourth-order valence-corrected chi connectivity index (χ4v) is 3.39. The minimum atomic E-state index is -0.0967. The maximum Gasteiger partial charge on any atom is 0.264 e. The van der Waals surface area contributed by atoms with Crippen molar-refractivity contribution in [2.45, 2.75) is 32.4 Å². The lowest BCUT2D eigenvalue weighted by Crippen LogP contribution is -2.31. The SMILES string of the molecule is CC(=O)NCc1ccnc([C@@H]2CCCN2C(=O)c2cccs2)n1. The number of thiophene rings is 1. The van der Waals surface area contributed by atoms with Crippen molar-refractivity contribution in [3.05, 3.63) is 46.2 Å². The summed E-state index contributed by atoms with van der Waals surface area (Å²) in [6.07, 6.45) is 3.49. The molecule has 120 valence electrons. The highest BCUT2D eigenvalue weighted by atomic mass is 32.1. The van der Waals surface area contributed by atoms with Gasteiger partial charge in [0.1, 0.15) is 0 Å². The summed E-state index contributed by atoms with van der Waals surface area (Å²) in [6, 6.07) is 5.41. The van der Waals surface area contributed by atoms with Crippen LogP contribution >= 0.6 is 11.3 Å². The molecule has 1 N–H and O–H groups in total. The lowest BCUT2D eigenvalue weighted by Gasteiger charge is -2.23. The third kappa shape index (κ3) is 3.56. The van der Waals surface area contributed by atoms with Gasteiger partial charge in [-0.15, -0.1) is 11.3 Å². The summed E-state index contributed by atoms with van der Waals surface area (Å²) >= 11 is 1.45. The molecule has 7 heteroatoms. The second-order valence-electron chi connectivity index (χ2n) is 5.45. The van der Waals surface area contributed by atoms with E-state index in [9.17, 15) is 9.59 Å². The number of carbonyl (C=O) groups excluding carboxylic acids is 2. The summed E-state index contributed by atoms with van der Waals surface area (Å²) in [7, 11) is 0. The standard InChI is InChI=1S/C16H18N4O2S/c1-11(21)18-10-12-6-7-17-15(19-12)13-4-2-8-20(13)16(22)14-5-3-9-23-14/h3,5-7,9,13H,2,4,8,10H2,1H3,(H,18,21)/t13-/m0/s1. The van der Waals surface area contributed by atoms with Gasteiger partial charge in [0, 0.05) is 19.7 Å². The second kappa shape index (κ2) is 6.87. The molecule has 0 spiro atoms. The minimum absolute atomic E-state index is 0.0402. The fourth-order valence-electron chi connectivity index (χ4n) is 2.71. The highest BCUT2D eigenvalue weighted by Gasteiger charge is 2.32. The van der Waals surface area contributed by atoms with Crippen LogP contribution in [0.3, 0.4) is 0 Å². The van der Waals surface area contributed by atoms with Crippen molar-refractivity contribution in [1.82, 2.24) is 20.2 Å². The molecule has 23 heavy (non-hydrogen) atoms. The van der Waals surface area contributed by atoms with Crippen LogP contribution in [-0.4, -0.2) is 33.2 Å². The largest absolute Gasteiger partial charge is 0.351 e. The van der Waals surface area contributed by atoms with E-state index < -0.39 is 0 Å². The van der Waals surface area contributed by atoms with Crippen LogP contribution in [0, 0.1) is 0 Å². The molecule has 6 nitrogen and oxygen atoms in total. The molecule has 1 aliphatic rings. The molecule has 0 unspecified atom stereocenters. The Morgan fingerprint density at radius 2 is 2.30 bits per heavy atom. The van der Waals surface area contributed by atoms with Gasteiger partial charge in [-0.05, 0) is 30.4 Å². The average molecular weight is 330 g/mol. The molecule has 0 bridgehead atoms. The third-order valence-electron chi connectivity index (χ3n) is 3.79. The minimum Gasteiger partial charge on any atom is -0.351 e. The van der Waals surface area contributed by atoms with Crippen molar-refractivity contribution in [2.24, 2.45) is 0 Å². The van der Waals surface area contributed by atoms with E-state index in [0.717, 1.165) is 30.0 Å². The summed E-state index contributed by atoms with van der Waals surface area (Å²) < 4.78 is 0. The molecule has 3 rings (SSSR count). The molecule has 0 aliphatic carbocycles. The van der Waals surface area contributed by atoms with Gasteiger partial charge in [0.15, 0.2) is 5.82 Å². The topological polar surface area (TPSA) is 75.2 Å². The maximum absolute atomic E-state index is 12.6. The van der Waals surface area contributed by atoms with E-state index in [1.165, 1.54) is 18.3 Å². The first-order valence-corrected chi connectivity index (χ1v) is 8.44. The van der Waals surface area contributed by atoms with Gasteiger partial charge < -0.3 is 10.2 Å². The van der Waals surface area contributed by atoms with Gasteiger partial charge in [0.25, 0.3) is 5.91 Å². The number of aromatic nitrogens is 2. The molecule has 1 atom stereocenters. The Kier molecular flexibility index (Phi) is 4.66. The number of nitrogens with zero attached hydrogens (tertiary/aromatic N) is 3. The van der Waals surface area contributed by atoms with Crippen LogP contribution in [-0.2, 0) is 11.3 Å². The number of nitrogens with one attached hydrogen (secondary N) is 1. The number of amides is 2. The van der Waals surface area contributed by atoms with Crippen LogP contribution in [0.1, 0.15) is 47.0 Å². The fraction of sp³-hybridized carbons (Fsp3) is 0.375. The van der Waals surface area contributed by atoms with Crippen molar-refractivity contribution >= 4 is 23.2 Å². The Bertz CT molecular complexity index is 702. The smallest absolute Gasteiger partial charge is 0.264 e. The van der Waals surface area contributed by atoms with E-state index in [0.29, 0.717) is 12.4 Å². The number of carbonyl (C=O) groups is 2. The van der Waals surface area contributed by atoms with Crippen LogP contribution in [0.25, 0.3) is 0 Å². The Balaban J connectivity index is 1.78. The maximum atomic E-state index is 12.6. The molecule has 0 radical (unpaired) electrons. The van der Waals surface area contributed by atoms with Gasteiger partial charge >= 0.3 is 0 Å². The van der Waals surface area contributed by atoms with Crippen molar-refractivity contribution < 1.29 is 9.59 Å². The van der Waals surface area contributed by atoms with Crippen LogP contribution in [0.5, 0.6) is 0 Å². The molecule has 1 saturated heterocycles. The third-order valence-corrected chi connectivity index (χ3v) is 4.65. The van der Waals surface area contributed by atoms with E-state index >= 15 is 0 Å². The molecular weight excluding hydrogens is 312 g/mol. The predicted molar refractivity (Wildman–Crippen MR) is 86.9 cm³/mol. The molecular formula is C16H18N4O2S. The van der Waals surface area contributed by atoms with E-state index in [4.69, 9.17) is 0 Å². The van der Waals surface area contributed by atoms with Gasteiger partial charge in [0.05, 0.1) is 23.2 Å². The van der Waals surface area contributed by atoms with Gasteiger partial charge in [-0.2, -0.15) is 0 Å². The van der Waals surface area contributed by atoms with E-state index in [1.807, 2.05) is 22.4 Å². The molecule has 1 fully saturated rings. The highest BCUT2D eigenvalue weighted by molar-refractivity contribution is 7.12. The predicted octanol–water partition coefficient (Wildman–Crippen LogP) is 2.15. The Morgan fingerprint density at radius 3 is 3.04 bits per heavy atom. The Morgan fingerprint density at radius 1 is 1.43 bits per heavy atom. The van der Waals surface area contributed by atoms with Gasteiger partial charge in [-0.25, -0.2) is 9.97 Å². The molecule has 0 saturated carbocycles. The molecule has 0 aromatic carbocycles. The zero-order valence-electron chi connectivity index (χ0n) is 12.9. The lowest BCUT2D eigenvalue weighted by molar-refractivity contribution is -0.119. The second-order valence-corrected chi connectivity index (χ2v) is 6.40. The van der Waals surface area contributed by atoms with Crippen molar-refractivity contribution in [1.29, 1.82) is 0 Å². The Hall–Kier alpha value is -2.28. The average Bonchev–Trinajstić information content (AvgIpc) is 3.23. The number of likely N-dealkylation sites (tertiary alicyclic amines) is 1. The van der Waals surface area contributed by atoms with Crippen molar-refractivity contribution in [2.75, 3.05) is 6.54 Å². The van der Waals surface area contributed by atoms with Crippen LogP contribution in [0.4, 0.5) is 0 Å². The number of hydrogen-bond donors (Lipinski definition) is 1. The normalized spacial score (nSPS) is 17.3. The van der Waals surface area contributed by atoms with Crippen LogP contribution < -0.4 is 5.32 Å². The summed E-state index contributed by atoms with van der Waals surface area (Å²) in [5.74, 6) is 0.592. The highest BCUT2D eigenvalue weighted by Crippen LogP contribution is 2.31. The lowest BCUT2D eigenvalue weighted by atomic mass is 10.2. The number of hydrogen-bond acceptors (Lipinski definition) is 5. The first-order valence-electron chi connectivity index (χ1n) is 7.56. The monoisotopic (exact) mass is 330 g/mol. The summed E-state index contributed by atoms with van der Waals surface area (Å²) in [5, 5.41) is 4.63. The Labute approximate surface area is 138 Å². The van der Waals surface area contributed by atoms with E-state index in [2.05, 4.69) is 15.3 Å². The van der Waals surface area contributed by atoms with Gasteiger partial charge in [0.2, 0.25) is 5.91 Å². The first-order chi connectivity index (χ1) is 11.1. The first kappa shape index (κ1) is 15.6. The summed E-state index contributed by atoms with van der Waals surface area (Å²) in [4.78, 5) is 35.1. The summed E-state index contributed by atoms with van der Waals surface area (Å²) in [6.45, 7) is 2.57. The zero-order valence-corrected chi connectivity index (χ0v) is 13.7. The number of rotatable bonds is 4. The summed E-state index contributed by atoms with van der Waals surface area (Å²) in [5.41, 5.74) is 0.751. The van der Waals surface area contributed by atoms with Crippen molar-refractivity contribution in [3.8, 4) is 0 Å². The zero-order chi connectivity index (χ0) is 16.2. The molecule has 3 heterocycles. The molecule has 2 aromatic rings. The molecule has 1 aliphatic heterocycles. The van der Waals surface area contributed by atoms with E-state index in [-0.39, 0.29) is 17.9 Å². The van der Waals surface area contributed by atoms with Crippen molar-refractivity contribution in [3.63, 3.8) is 0 Å². The van der Waals surface area contributed by atoms with E-state index in [1.54, 1.807) is 12.3 Å². The van der Waals surface area contributed by atoms with Gasteiger partial charge in [-0.1, -0.05) is 6.07 Å². The molecule has 2 amide bonds.